The number of hydrogen-bond donors (Lipinski definition) is 3. The summed E-state index contributed by atoms with van der Waals surface area (Å²) >= 11 is 3.06. The lowest BCUT2D eigenvalue weighted by Crippen LogP contribution is -2.33. The molecular weight excluding hydrogens is 313 g/mol. The van der Waals surface area contributed by atoms with E-state index in [1.165, 1.54) is 6.20 Å². The van der Waals surface area contributed by atoms with Crippen molar-refractivity contribution in [3.8, 4) is 0 Å². The van der Waals surface area contributed by atoms with Gasteiger partial charge in [0.15, 0.2) is 12.4 Å². The van der Waals surface area contributed by atoms with Gasteiger partial charge in [0.1, 0.15) is 18.0 Å². The number of nitrogens with zero attached hydrogens (tertiary/aromatic N) is 2. The number of halogens is 2. The molecular formula is C9H11BrFN3O4. The first-order valence-electron chi connectivity index (χ1n) is 5.08. The summed E-state index contributed by atoms with van der Waals surface area (Å²) in [6.07, 6.45) is -4.52. The number of aromatic nitrogens is 2. The van der Waals surface area contributed by atoms with Crippen molar-refractivity contribution < 1.29 is 19.3 Å². The monoisotopic (exact) mass is 323 g/mol. The minimum atomic E-state index is -1.84. The summed E-state index contributed by atoms with van der Waals surface area (Å²) in [5, 5.41) is 18.4. The normalized spacial score (nSPS) is 31.8. The predicted octanol–water partition coefficient (Wildman–Crippen LogP) is -0.823. The van der Waals surface area contributed by atoms with E-state index in [9.17, 15) is 14.3 Å². The van der Waals surface area contributed by atoms with Crippen LogP contribution in [0.15, 0.2) is 15.5 Å². The number of nitrogens with two attached hydrogens (primary N) is 1. The third kappa shape index (κ3) is 2.14. The second-order valence-electron chi connectivity index (χ2n) is 3.85. The summed E-state index contributed by atoms with van der Waals surface area (Å²) < 4.78 is 20.1. The van der Waals surface area contributed by atoms with E-state index in [4.69, 9.17) is 15.6 Å². The van der Waals surface area contributed by atoms with E-state index in [0.717, 1.165) is 4.57 Å². The van der Waals surface area contributed by atoms with Crippen LogP contribution in [0.25, 0.3) is 0 Å². The van der Waals surface area contributed by atoms with Crippen molar-refractivity contribution in [1.29, 1.82) is 0 Å². The van der Waals surface area contributed by atoms with Crippen molar-refractivity contribution in [3.05, 3.63) is 21.2 Å². The minimum absolute atomic E-state index is 0.0242. The molecule has 1 aliphatic heterocycles. The van der Waals surface area contributed by atoms with Crippen LogP contribution in [0.4, 0.5) is 10.2 Å². The lowest BCUT2D eigenvalue weighted by molar-refractivity contribution is -0.0491. The molecule has 1 aliphatic rings. The van der Waals surface area contributed by atoms with Crippen LogP contribution in [-0.4, -0.2) is 44.8 Å². The first-order valence-corrected chi connectivity index (χ1v) is 5.87. The number of aliphatic hydroxyl groups excluding tert-OH is 2. The predicted molar refractivity (Wildman–Crippen MR) is 62.5 cm³/mol. The van der Waals surface area contributed by atoms with Gasteiger partial charge in [0.05, 0.1) is 11.1 Å². The molecule has 100 valence electrons. The van der Waals surface area contributed by atoms with E-state index >= 15 is 0 Å². The fourth-order valence-corrected chi connectivity index (χ4v) is 2.03. The van der Waals surface area contributed by atoms with Crippen LogP contribution < -0.4 is 11.4 Å². The molecule has 0 aromatic carbocycles. The average molecular weight is 324 g/mol. The van der Waals surface area contributed by atoms with E-state index in [-0.39, 0.29) is 5.82 Å². The van der Waals surface area contributed by atoms with Crippen molar-refractivity contribution in [2.75, 3.05) is 12.3 Å². The van der Waals surface area contributed by atoms with Gasteiger partial charge >= 0.3 is 5.69 Å². The summed E-state index contributed by atoms with van der Waals surface area (Å²) in [4.78, 5) is 15.1. The van der Waals surface area contributed by atoms with Crippen LogP contribution in [0.2, 0.25) is 0 Å². The lowest BCUT2D eigenvalue weighted by atomic mass is 10.1. The SMILES string of the molecule is Nc1nc(=O)n([C@H]2O[C@@H](CO)[C@H](O)[C@H]2F)cc1Br. The van der Waals surface area contributed by atoms with Gasteiger partial charge in [-0.15, -0.1) is 0 Å². The van der Waals surface area contributed by atoms with E-state index < -0.39 is 36.9 Å². The lowest BCUT2D eigenvalue weighted by Gasteiger charge is -2.16. The van der Waals surface area contributed by atoms with Crippen LogP contribution in [0.1, 0.15) is 6.23 Å². The zero-order valence-electron chi connectivity index (χ0n) is 9.03. The van der Waals surface area contributed by atoms with Gasteiger partial charge in [-0.05, 0) is 15.9 Å². The van der Waals surface area contributed by atoms with E-state index in [1.807, 2.05) is 0 Å². The second-order valence-corrected chi connectivity index (χ2v) is 4.70. The highest BCUT2D eigenvalue weighted by molar-refractivity contribution is 9.10. The molecule has 0 aliphatic carbocycles. The van der Waals surface area contributed by atoms with Crippen LogP contribution in [0.3, 0.4) is 0 Å². The molecule has 0 saturated carbocycles. The van der Waals surface area contributed by atoms with E-state index in [0.29, 0.717) is 4.47 Å². The highest BCUT2D eigenvalue weighted by atomic mass is 79.9. The molecule has 4 atom stereocenters. The Morgan fingerprint density at radius 3 is 2.89 bits per heavy atom. The van der Waals surface area contributed by atoms with Crippen LogP contribution >= 0.6 is 15.9 Å². The number of hydrogen-bond acceptors (Lipinski definition) is 6. The van der Waals surface area contributed by atoms with E-state index in [2.05, 4.69) is 20.9 Å². The van der Waals surface area contributed by atoms with Gasteiger partial charge in [-0.3, -0.25) is 4.57 Å². The van der Waals surface area contributed by atoms with E-state index in [1.54, 1.807) is 0 Å². The Labute approximate surface area is 109 Å². The molecule has 4 N–H and O–H groups in total. The summed E-state index contributed by atoms with van der Waals surface area (Å²) in [6, 6.07) is 0. The van der Waals surface area contributed by atoms with Crippen molar-refractivity contribution in [3.63, 3.8) is 0 Å². The number of ether oxygens (including phenoxy) is 1. The molecule has 0 unspecified atom stereocenters. The van der Waals surface area contributed by atoms with Crippen molar-refractivity contribution in [2.24, 2.45) is 0 Å². The number of aliphatic hydroxyl groups is 2. The highest BCUT2D eigenvalue weighted by Crippen LogP contribution is 2.31. The number of nitrogen functional groups attached to an aromatic ring is 1. The standard InChI is InChI=1S/C9H11BrFN3O4/c10-3-1-14(9(17)13-7(3)12)8-5(11)6(16)4(2-15)18-8/h1,4-6,8,15-16H,2H2,(H2,12,13,17)/t4-,5+,6-,8-/m0/s1. The second kappa shape index (κ2) is 4.92. The Morgan fingerprint density at radius 2 is 2.33 bits per heavy atom. The molecule has 0 spiro atoms. The quantitative estimate of drug-likeness (QED) is 0.655. The number of alkyl halides is 1. The largest absolute Gasteiger partial charge is 0.394 e. The third-order valence-corrected chi connectivity index (χ3v) is 3.29. The van der Waals surface area contributed by atoms with Crippen molar-refractivity contribution >= 4 is 21.7 Å². The molecule has 7 nitrogen and oxygen atoms in total. The zero-order valence-corrected chi connectivity index (χ0v) is 10.6. The Kier molecular flexibility index (Phi) is 3.66. The zero-order chi connectivity index (χ0) is 13.4. The number of rotatable bonds is 2. The average Bonchev–Trinajstić information content (AvgIpc) is 2.61. The molecule has 1 aromatic heterocycles. The Bertz CT molecular complexity index is 511. The molecule has 9 heteroatoms. The maximum atomic E-state index is 13.8. The first kappa shape index (κ1) is 13.4. The van der Waals surface area contributed by atoms with Gasteiger partial charge in [0.25, 0.3) is 0 Å². The molecule has 1 fully saturated rings. The Hall–Kier alpha value is -1.03. The summed E-state index contributed by atoms with van der Waals surface area (Å²) in [5.74, 6) is -0.0242. The first-order chi connectivity index (χ1) is 8.45. The Balaban J connectivity index is 2.39. The van der Waals surface area contributed by atoms with Gasteiger partial charge in [-0.1, -0.05) is 0 Å². The topological polar surface area (TPSA) is 111 Å². The van der Waals surface area contributed by atoms with Crippen molar-refractivity contribution in [1.82, 2.24) is 9.55 Å². The van der Waals surface area contributed by atoms with Crippen LogP contribution in [-0.2, 0) is 4.74 Å². The van der Waals surface area contributed by atoms with Crippen LogP contribution in [0, 0.1) is 0 Å². The summed E-state index contributed by atoms with van der Waals surface area (Å²) in [6.45, 7) is -0.545. The minimum Gasteiger partial charge on any atom is -0.394 e. The van der Waals surface area contributed by atoms with Gasteiger partial charge < -0.3 is 20.7 Å². The molecule has 18 heavy (non-hydrogen) atoms. The fraction of sp³-hybridized carbons (Fsp3) is 0.556. The maximum absolute atomic E-state index is 13.8. The summed E-state index contributed by atoms with van der Waals surface area (Å²) in [5.41, 5.74) is 4.61. The summed E-state index contributed by atoms with van der Waals surface area (Å²) in [7, 11) is 0. The molecule has 0 amide bonds. The highest BCUT2D eigenvalue weighted by Gasteiger charge is 2.45. The molecule has 2 rings (SSSR count). The van der Waals surface area contributed by atoms with Gasteiger partial charge in [0.2, 0.25) is 0 Å². The molecule has 1 saturated heterocycles. The molecule has 0 bridgehead atoms. The molecule has 1 aromatic rings. The van der Waals surface area contributed by atoms with Crippen molar-refractivity contribution in [2.45, 2.75) is 24.6 Å². The molecule has 2 heterocycles. The van der Waals surface area contributed by atoms with Crippen LogP contribution in [0.5, 0.6) is 0 Å². The smallest absolute Gasteiger partial charge is 0.351 e. The van der Waals surface area contributed by atoms with Gasteiger partial charge in [-0.2, -0.15) is 4.98 Å². The number of anilines is 1. The van der Waals surface area contributed by atoms with Gasteiger partial charge in [-0.25, -0.2) is 9.18 Å². The fourth-order valence-electron chi connectivity index (χ4n) is 1.72. The molecule has 0 radical (unpaired) electrons. The third-order valence-electron chi connectivity index (χ3n) is 2.68. The maximum Gasteiger partial charge on any atom is 0.351 e. The van der Waals surface area contributed by atoms with Gasteiger partial charge in [0, 0.05) is 6.20 Å². The Morgan fingerprint density at radius 1 is 1.67 bits per heavy atom.